The maximum Gasteiger partial charge on any atom is 0.310 e. The average molecular weight is 240 g/mol. The number of hydrogen-bond acceptors (Lipinski definition) is 3. The first-order chi connectivity index (χ1) is 7.78. The lowest BCUT2D eigenvalue weighted by atomic mass is 10.1. The molecule has 1 amide bonds. The van der Waals surface area contributed by atoms with Crippen LogP contribution in [0.5, 0.6) is 0 Å². The maximum atomic E-state index is 11.6. The fraction of sp³-hybridized carbons (Fsp3) is 0.667. The van der Waals surface area contributed by atoms with Gasteiger partial charge >= 0.3 is 5.97 Å². The number of nitrogens with one attached hydrogen (secondary N) is 2. The van der Waals surface area contributed by atoms with Crippen LogP contribution < -0.4 is 10.6 Å². The Kier molecular flexibility index (Phi) is 4.28. The normalized spacial score (nSPS) is 23.7. The zero-order valence-electron chi connectivity index (χ0n) is 10.5. The summed E-state index contributed by atoms with van der Waals surface area (Å²) in [5.41, 5.74) is -0.105. The number of aliphatic carboxylic acids is 1. The molecule has 17 heavy (non-hydrogen) atoms. The lowest BCUT2D eigenvalue weighted by Gasteiger charge is -2.21. The molecular formula is C12H20N2O3. The molecule has 0 aromatic carbocycles. The van der Waals surface area contributed by atoms with Crippen LogP contribution >= 0.6 is 0 Å². The van der Waals surface area contributed by atoms with E-state index in [0.717, 1.165) is 0 Å². The summed E-state index contributed by atoms with van der Waals surface area (Å²) in [7, 11) is 0. The fourth-order valence-electron chi connectivity index (χ4n) is 1.59. The number of carbonyl (C=O) groups excluding carboxylic acids is 1. The van der Waals surface area contributed by atoms with Gasteiger partial charge in [0.15, 0.2) is 0 Å². The monoisotopic (exact) mass is 240 g/mol. The molecule has 0 bridgehead atoms. The van der Waals surface area contributed by atoms with Gasteiger partial charge in [0.25, 0.3) is 0 Å². The molecule has 1 aliphatic rings. The first kappa shape index (κ1) is 13.7. The second-order valence-corrected chi connectivity index (χ2v) is 5.34. The number of hydrogen-bond donors (Lipinski definition) is 3. The van der Waals surface area contributed by atoms with Crippen LogP contribution in [0, 0.1) is 5.92 Å². The van der Waals surface area contributed by atoms with Crippen molar-refractivity contribution in [1.82, 2.24) is 10.6 Å². The molecule has 5 heteroatoms. The highest BCUT2D eigenvalue weighted by Crippen LogP contribution is 2.17. The highest BCUT2D eigenvalue weighted by atomic mass is 16.4. The van der Waals surface area contributed by atoms with Gasteiger partial charge in [0.2, 0.25) is 5.91 Å². The number of amides is 1. The van der Waals surface area contributed by atoms with Crippen LogP contribution in [0.3, 0.4) is 0 Å². The molecule has 0 aliphatic heterocycles. The standard InChI is InChI=1S/C12H20N2O3/c1-12(2,3)13-7-10(15)14-9-5-4-8(6-9)11(16)17/h4-5,8-9,13H,6-7H2,1-3H3,(H,14,15)(H,16,17). The van der Waals surface area contributed by atoms with Crippen LogP contribution in [0.2, 0.25) is 0 Å². The molecule has 0 saturated heterocycles. The molecule has 0 radical (unpaired) electrons. The predicted molar refractivity (Wildman–Crippen MR) is 64.6 cm³/mol. The second kappa shape index (κ2) is 5.31. The van der Waals surface area contributed by atoms with E-state index in [1.54, 1.807) is 12.2 Å². The Hall–Kier alpha value is -1.36. The molecular weight excluding hydrogens is 220 g/mol. The van der Waals surface area contributed by atoms with Crippen molar-refractivity contribution in [2.45, 2.75) is 38.8 Å². The summed E-state index contributed by atoms with van der Waals surface area (Å²) in [6, 6.07) is -0.162. The zero-order valence-corrected chi connectivity index (χ0v) is 10.5. The van der Waals surface area contributed by atoms with Crippen molar-refractivity contribution in [3.05, 3.63) is 12.2 Å². The molecule has 2 atom stereocenters. The Morgan fingerprint density at radius 3 is 2.47 bits per heavy atom. The molecule has 5 nitrogen and oxygen atoms in total. The molecule has 0 fully saturated rings. The van der Waals surface area contributed by atoms with Crippen LogP contribution in [0.15, 0.2) is 12.2 Å². The van der Waals surface area contributed by atoms with Crippen molar-refractivity contribution in [3.8, 4) is 0 Å². The van der Waals surface area contributed by atoms with E-state index in [9.17, 15) is 9.59 Å². The van der Waals surface area contributed by atoms with Gasteiger partial charge in [-0.05, 0) is 27.2 Å². The van der Waals surface area contributed by atoms with Crippen molar-refractivity contribution in [2.75, 3.05) is 6.54 Å². The third-order valence-corrected chi connectivity index (χ3v) is 2.53. The van der Waals surface area contributed by atoms with Crippen molar-refractivity contribution < 1.29 is 14.7 Å². The first-order valence-corrected chi connectivity index (χ1v) is 5.73. The maximum absolute atomic E-state index is 11.6. The smallest absolute Gasteiger partial charge is 0.310 e. The number of rotatable bonds is 4. The molecule has 0 aromatic rings. The highest BCUT2D eigenvalue weighted by molar-refractivity contribution is 5.79. The molecule has 2 unspecified atom stereocenters. The summed E-state index contributed by atoms with van der Waals surface area (Å²) in [5.74, 6) is -1.43. The molecule has 3 N–H and O–H groups in total. The van der Waals surface area contributed by atoms with Crippen LogP contribution in [-0.4, -0.2) is 35.1 Å². The number of carbonyl (C=O) groups is 2. The highest BCUT2D eigenvalue weighted by Gasteiger charge is 2.25. The first-order valence-electron chi connectivity index (χ1n) is 5.73. The van der Waals surface area contributed by atoms with Gasteiger partial charge in [-0.15, -0.1) is 0 Å². The lowest BCUT2D eigenvalue weighted by Crippen LogP contribution is -2.45. The van der Waals surface area contributed by atoms with Crippen LogP contribution in [0.1, 0.15) is 27.2 Å². The summed E-state index contributed by atoms with van der Waals surface area (Å²) < 4.78 is 0. The van der Waals surface area contributed by atoms with Gasteiger partial charge in [-0.3, -0.25) is 9.59 Å². The van der Waals surface area contributed by atoms with E-state index in [1.807, 2.05) is 20.8 Å². The van der Waals surface area contributed by atoms with Gasteiger partial charge in [-0.25, -0.2) is 0 Å². The van der Waals surface area contributed by atoms with Gasteiger partial charge in [-0.2, -0.15) is 0 Å². The van der Waals surface area contributed by atoms with E-state index in [2.05, 4.69) is 10.6 Å². The Morgan fingerprint density at radius 1 is 1.35 bits per heavy atom. The molecule has 1 rings (SSSR count). The van der Waals surface area contributed by atoms with Gasteiger partial charge in [0.1, 0.15) is 0 Å². The summed E-state index contributed by atoms with van der Waals surface area (Å²) in [6.07, 6.45) is 3.81. The van der Waals surface area contributed by atoms with Crippen molar-refractivity contribution in [3.63, 3.8) is 0 Å². The molecule has 1 aliphatic carbocycles. The predicted octanol–water partition coefficient (Wildman–Crippen LogP) is 0.520. The summed E-state index contributed by atoms with van der Waals surface area (Å²) in [4.78, 5) is 22.3. The van der Waals surface area contributed by atoms with Crippen LogP contribution in [-0.2, 0) is 9.59 Å². The largest absolute Gasteiger partial charge is 0.481 e. The molecule has 0 heterocycles. The third kappa shape index (κ3) is 4.99. The minimum atomic E-state index is -0.842. The minimum Gasteiger partial charge on any atom is -0.481 e. The summed E-state index contributed by atoms with van der Waals surface area (Å²) in [6.45, 7) is 6.19. The number of carboxylic acids is 1. The van der Waals surface area contributed by atoms with Crippen molar-refractivity contribution >= 4 is 11.9 Å². The second-order valence-electron chi connectivity index (χ2n) is 5.34. The SMILES string of the molecule is CC(C)(C)NCC(=O)NC1C=CC(C(=O)O)C1. The Labute approximate surface area is 101 Å². The van der Waals surface area contributed by atoms with E-state index in [-0.39, 0.29) is 24.0 Å². The van der Waals surface area contributed by atoms with E-state index >= 15 is 0 Å². The van der Waals surface area contributed by atoms with Gasteiger partial charge in [-0.1, -0.05) is 12.2 Å². The molecule has 0 saturated carbocycles. The van der Waals surface area contributed by atoms with Crippen molar-refractivity contribution in [2.24, 2.45) is 5.92 Å². The van der Waals surface area contributed by atoms with E-state index < -0.39 is 11.9 Å². The Bertz CT molecular complexity index is 331. The topological polar surface area (TPSA) is 78.4 Å². The van der Waals surface area contributed by atoms with E-state index in [0.29, 0.717) is 6.42 Å². The van der Waals surface area contributed by atoms with Gasteiger partial charge in [0, 0.05) is 11.6 Å². The Morgan fingerprint density at radius 2 is 2.00 bits per heavy atom. The Balaban J connectivity index is 2.30. The van der Waals surface area contributed by atoms with Gasteiger partial charge in [0.05, 0.1) is 12.5 Å². The zero-order chi connectivity index (χ0) is 13.1. The lowest BCUT2D eigenvalue weighted by molar-refractivity contribution is -0.140. The van der Waals surface area contributed by atoms with E-state index in [4.69, 9.17) is 5.11 Å². The molecule has 0 aromatic heterocycles. The van der Waals surface area contributed by atoms with E-state index in [1.165, 1.54) is 0 Å². The van der Waals surface area contributed by atoms with Crippen LogP contribution in [0.4, 0.5) is 0 Å². The van der Waals surface area contributed by atoms with Crippen molar-refractivity contribution in [1.29, 1.82) is 0 Å². The minimum absolute atomic E-state index is 0.105. The molecule has 0 spiro atoms. The summed E-state index contributed by atoms with van der Waals surface area (Å²) in [5, 5.41) is 14.7. The molecule has 96 valence electrons. The quantitative estimate of drug-likeness (QED) is 0.626. The number of carboxylic acid groups (broad SMARTS) is 1. The average Bonchev–Trinajstić information content (AvgIpc) is 2.62. The van der Waals surface area contributed by atoms with Gasteiger partial charge < -0.3 is 15.7 Å². The fourth-order valence-corrected chi connectivity index (χ4v) is 1.59. The third-order valence-electron chi connectivity index (χ3n) is 2.53. The summed E-state index contributed by atoms with van der Waals surface area (Å²) >= 11 is 0. The van der Waals surface area contributed by atoms with Crippen LogP contribution in [0.25, 0.3) is 0 Å².